The van der Waals surface area contributed by atoms with Crippen LogP contribution in [0.3, 0.4) is 0 Å². The van der Waals surface area contributed by atoms with E-state index in [1.54, 1.807) is 6.07 Å². The van der Waals surface area contributed by atoms with Gasteiger partial charge in [-0.15, -0.1) is 0 Å². The van der Waals surface area contributed by atoms with Crippen LogP contribution in [-0.2, 0) is 0 Å². The third kappa shape index (κ3) is 2.96. The third-order valence-electron chi connectivity index (χ3n) is 2.76. The number of rotatable bonds is 3. The van der Waals surface area contributed by atoms with Crippen LogP contribution in [0.4, 0.5) is 11.8 Å². The molecule has 15 heavy (non-hydrogen) atoms. The van der Waals surface area contributed by atoms with Crippen molar-refractivity contribution >= 4 is 23.4 Å². The lowest BCUT2D eigenvalue weighted by molar-refractivity contribution is 0.579. The third-order valence-corrected chi connectivity index (χ3v) is 2.95. The lowest BCUT2D eigenvalue weighted by atomic mass is 10.1. The number of hydrogen-bond acceptors (Lipinski definition) is 4. The van der Waals surface area contributed by atoms with Gasteiger partial charge in [0.2, 0.25) is 5.95 Å². The molecule has 1 heterocycles. The second kappa shape index (κ2) is 4.66. The van der Waals surface area contributed by atoms with E-state index in [0.29, 0.717) is 5.15 Å². The Labute approximate surface area is 94.2 Å². The summed E-state index contributed by atoms with van der Waals surface area (Å²) < 4.78 is 0. The molecule has 1 fully saturated rings. The van der Waals surface area contributed by atoms with Crippen molar-refractivity contribution in [3.63, 3.8) is 0 Å². The van der Waals surface area contributed by atoms with Crippen molar-refractivity contribution in [1.82, 2.24) is 9.97 Å². The minimum Gasteiger partial charge on any atom is -0.370 e. The summed E-state index contributed by atoms with van der Waals surface area (Å²) in [4.78, 5) is 7.87. The highest BCUT2D eigenvalue weighted by Gasteiger charge is 2.14. The smallest absolute Gasteiger partial charge is 0.223 e. The van der Waals surface area contributed by atoms with E-state index < -0.39 is 0 Å². The standard InChI is InChI=1S/C10H15ClN4/c11-8-5-9(15-10(12)14-8)13-6-7-3-1-2-4-7/h5,7H,1-4,6H2,(H3,12,13,14,15). The van der Waals surface area contributed by atoms with Crippen LogP contribution < -0.4 is 11.1 Å². The zero-order valence-corrected chi connectivity index (χ0v) is 9.30. The first-order valence-electron chi connectivity index (χ1n) is 5.28. The number of nitrogens with one attached hydrogen (secondary N) is 1. The second-order valence-electron chi connectivity index (χ2n) is 3.97. The summed E-state index contributed by atoms with van der Waals surface area (Å²) >= 11 is 5.77. The largest absolute Gasteiger partial charge is 0.370 e. The average Bonchev–Trinajstić information content (AvgIpc) is 2.65. The van der Waals surface area contributed by atoms with Crippen molar-refractivity contribution in [2.24, 2.45) is 5.92 Å². The Bertz CT molecular complexity index is 316. The molecule has 1 aromatic heterocycles. The van der Waals surface area contributed by atoms with Crippen LogP contribution >= 0.6 is 11.6 Å². The second-order valence-corrected chi connectivity index (χ2v) is 4.35. The van der Waals surface area contributed by atoms with Gasteiger partial charge in [0.05, 0.1) is 0 Å². The zero-order chi connectivity index (χ0) is 10.7. The van der Waals surface area contributed by atoms with Gasteiger partial charge in [0.15, 0.2) is 0 Å². The van der Waals surface area contributed by atoms with Gasteiger partial charge in [0.25, 0.3) is 0 Å². The molecule has 0 aliphatic heterocycles. The first kappa shape index (κ1) is 10.5. The van der Waals surface area contributed by atoms with Gasteiger partial charge >= 0.3 is 0 Å². The normalized spacial score (nSPS) is 16.9. The molecule has 1 saturated carbocycles. The molecule has 4 nitrogen and oxygen atoms in total. The van der Waals surface area contributed by atoms with E-state index in [4.69, 9.17) is 17.3 Å². The molecular weight excluding hydrogens is 212 g/mol. The number of aromatic nitrogens is 2. The van der Waals surface area contributed by atoms with Crippen molar-refractivity contribution in [2.45, 2.75) is 25.7 Å². The van der Waals surface area contributed by atoms with Gasteiger partial charge in [0, 0.05) is 12.6 Å². The van der Waals surface area contributed by atoms with Gasteiger partial charge < -0.3 is 11.1 Å². The minimum atomic E-state index is 0.219. The predicted octanol–water partition coefficient (Wildman–Crippen LogP) is 2.31. The minimum absolute atomic E-state index is 0.219. The summed E-state index contributed by atoms with van der Waals surface area (Å²) in [5, 5.41) is 3.64. The topological polar surface area (TPSA) is 63.8 Å². The number of nitrogens with zero attached hydrogens (tertiary/aromatic N) is 2. The number of halogens is 1. The maximum Gasteiger partial charge on any atom is 0.223 e. The van der Waals surface area contributed by atoms with Gasteiger partial charge in [-0.2, -0.15) is 4.98 Å². The number of anilines is 2. The summed E-state index contributed by atoms with van der Waals surface area (Å²) in [6, 6.07) is 1.70. The van der Waals surface area contributed by atoms with Crippen LogP contribution in [0.2, 0.25) is 5.15 Å². The lowest BCUT2D eigenvalue weighted by Gasteiger charge is -2.11. The maximum atomic E-state index is 5.77. The first-order chi connectivity index (χ1) is 7.24. The molecule has 0 unspecified atom stereocenters. The Morgan fingerprint density at radius 3 is 2.80 bits per heavy atom. The molecule has 3 N–H and O–H groups in total. The molecule has 0 atom stereocenters. The quantitative estimate of drug-likeness (QED) is 0.777. The average molecular weight is 227 g/mol. The monoisotopic (exact) mass is 226 g/mol. The molecule has 82 valence electrons. The van der Waals surface area contributed by atoms with Crippen LogP contribution in [0, 0.1) is 5.92 Å². The highest BCUT2D eigenvalue weighted by Crippen LogP contribution is 2.25. The molecule has 0 radical (unpaired) electrons. The molecule has 1 aliphatic carbocycles. The molecule has 0 spiro atoms. The fourth-order valence-corrected chi connectivity index (χ4v) is 2.18. The van der Waals surface area contributed by atoms with Crippen molar-refractivity contribution in [2.75, 3.05) is 17.6 Å². The molecule has 2 rings (SSSR count). The number of hydrogen-bond donors (Lipinski definition) is 2. The Hall–Kier alpha value is -1.03. The van der Waals surface area contributed by atoms with Gasteiger partial charge in [-0.1, -0.05) is 24.4 Å². The van der Waals surface area contributed by atoms with Crippen LogP contribution in [0.1, 0.15) is 25.7 Å². The highest BCUT2D eigenvalue weighted by molar-refractivity contribution is 6.29. The fourth-order valence-electron chi connectivity index (χ4n) is 1.99. The molecule has 0 aromatic carbocycles. The maximum absolute atomic E-state index is 5.77. The van der Waals surface area contributed by atoms with Gasteiger partial charge in [-0.3, -0.25) is 0 Å². The SMILES string of the molecule is Nc1nc(Cl)cc(NCC2CCCC2)n1. The van der Waals surface area contributed by atoms with Crippen molar-refractivity contribution in [3.8, 4) is 0 Å². The van der Waals surface area contributed by atoms with E-state index in [2.05, 4.69) is 15.3 Å². The molecule has 0 saturated heterocycles. The molecule has 1 aliphatic rings. The van der Waals surface area contributed by atoms with E-state index in [-0.39, 0.29) is 5.95 Å². The van der Waals surface area contributed by atoms with Crippen molar-refractivity contribution in [3.05, 3.63) is 11.2 Å². The summed E-state index contributed by atoms with van der Waals surface area (Å²) in [7, 11) is 0. The Morgan fingerprint density at radius 1 is 1.40 bits per heavy atom. The van der Waals surface area contributed by atoms with Crippen LogP contribution in [0.25, 0.3) is 0 Å². The molecule has 1 aromatic rings. The molecule has 5 heteroatoms. The highest BCUT2D eigenvalue weighted by atomic mass is 35.5. The number of nitrogen functional groups attached to an aromatic ring is 1. The Kier molecular flexibility index (Phi) is 3.26. The Morgan fingerprint density at radius 2 is 2.13 bits per heavy atom. The summed E-state index contributed by atoms with van der Waals surface area (Å²) in [6.07, 6.45) is 5.31. The lowest BCUT2D eigenvalue weighted by Crippen LogP contribution is -2.12. The summed E-state index contributed by atoms with van der Waals surface area (Å²) in [5.41, 5.74) is 5.50. The molecule has 0 amide bonds. The van der Waals surface area contributed by atoms with E-state index >= 15 is 0 Å². The summed E-state index contributed by atoms with van der Waals surface area (Å²) in [6.45, 7) is 0.951. The fraction of sp³-hybridized carbons (Fsp3) is 0.600. The van der Waals surface area contributed by atoms with Gasteiger partial charge in [-0.05, 0) is 18.8 Å². The zero-order valence-electron chi connectivity index (χ0n) is 8.54. The molecular formula is C10H15ClN4. The van der Waals surface area contributed by atoms with Crippen molar-refractivity contribution < 1.29 is 0 Å². The van der Waals surface area contributed by atoms with E-state index in [0.717, 1.165) is 18.3 Å². The van der Waals surface area contributed by atoms with Crippen LogP contribution in [0.15, 0.2) is 6.07 Å². The van der Waals surface area contributed by atoms with Gasteiger partial charge in [0.1, 0.15) is 11.0 Å². The number of nitrogens with two attached hydrogens (primary N) is 1. The molecule has 0 bridgehead atoms. The van der Waals surface area contributed by atoms with E-state index in [1.165, 1.54) is 25.7 Å². The van der Waals surface area contributed by atoms with E-state index in [9.17, 15) is 0 Å². The van der Waals surface area contributed by atoms with E-state index in [1.807, 2.05) is 0 Å². The first-order valence-corrected chi connectivity index (χ1v) is 5.66. The van der Waals surface area contributed by atoms with Crippen molar-refractivity contribution in [1.29, 1.82) is 0 Å². The summed E-state index contributed by atoms with van der Waals surface area (Å²) in [5.74, 6) is 1.70. The van der Waals surface area contributed by atoms with Crippen LogP contribution in [-0.4, -0.2) is 16.5 Å². The van der Waals surface area contributed by atoms with Crippen LogP contribution in [0.5, 0.6) is 0 Å². The predicted molar refractivity (Wildman–Crippen MR) is 61.9 cm³/mol. The Balaban J connectivity index is 1.92. The van der Waals surface area contributed by atoms with Gasteiger partial charge in [-0.25, -0.2) is 4.98 Å².